The van der Waals surface area contributed by atoms with E-state index in [0.29, 0.717) is 10.5 Å². The molecule has 0 aliphatic heterocycles. The number of alkyl halides is 3. The number of rotatable bonds is 4. The first-order valence-electron chi connectivity index (χ1n) is 6.49. The fraction of sp³-hybridized carbons (Fsp3) is 0.125. The highest BCUT2D eigenvalue weighted by molar-refractivity contribution is 7.99. The van der Waals surface area contributed by atoms with Crippen LogP contribution in [0, 0.1) is 11.3 Å². The van der Waals surface area contributed by atoms with Gasteiger partial charge >= 0.3 is 6.18 Å². The summed E-state index contributed by atoms with van der Waals surface area (Å²) >= 11 is 1.19. The van der Waals surface area contributed by atoms with Crippen molar-refractivity contribution < 1.29 is 18.0 Å². The summed E-state index contributed by atoms with van der Waals surface area (Å²) in [4.78, 5) is 12.9. The molecule has 0 saturated heterocycles. The van der Waals surface area contributed by atoms with Gasteiger partial charge in [-0.1, -0.05) is 18.2 Å². The average molecular weight is 336 g/mol. The normalized spacial score (nSPS) is 10.9. The third kappa shape index (κ3) is 4.50. The number of halogens is 3. The van der Waals surface area contributed by atoms with Crippen molar-refractivity contribution >= 4 is 23.4 Å². The molecule has 0 bridgehead atoms. The Balaban J connectivity index is 2.22. The number of nitriles is 1. The minimum atomic E-state index is -4.47. The van der Waals surface area contributed by atoms with Crippen molar-refractivity contribution in [3.63, 3.8) is 0 Å². The number of anilines is 1. The molecule has 2 aromatic rings. The first-order chi connectivity index (χ1) is 10.9. The number of nitrogens with one attached hydrogen (secondary N) is 1. The third-order valence-electron chi connectivity index (χ3n) is 2.87. The van der Waals surface area contributed by atoms with Gasteiger partial charge in [-0.3, -0.25) is 4.79 Å². The fourth-order valence-electron chi connectivity index (χ4n) is 1.86. The summed E-state index contributed by atoms with van der Waals surface area (Å²) < 4.78 is 38.1. The Labute approximate surface area is 135 Å². The fourth-order valence-corrected chi connectivity index (χ4v) is 2.57. The number of carbonyl (C=O) groups excluding carboxylic acids is 1. The van der Waals surface area contributed by atoms with Crippen LogP contribution in [0.15, 0.2) is 53.4 Å². The number of amides is 1. The van der Waals surface area contributed by atoms with Gasteiger partial charge in [-0.25, -0.2) is 0 Å². The standard InChI is InChI=1S/C16H11F3N2OS/c17-16(18,19)11-4-3-5-12(10-11)21-15(22)13-6-1-2-7-14(13)23-9-8-20/h1-7,10H,9H2,(H,21,22). The molecule has 3 nitrogen and oxygen atoms in total. The molecule has 2 aromatic carbocycles. The number of nitrogens with zero attached hydrogens (tertiary/aromatic N) is 1. The van der Waals surface area contributed by atoms with Crippen LogP contribution in [-0.2, 0) is 6.18 Å². The van der Waals surface area contributed by atoms with Crippen molar-refractivity contribution in [2.45, 2.75) is 11.1 Å². The van der Waals surface area contributed by atoms with E-state index in [0.717, 1.165) is 12.1 Å². The Bertz CT molecular complexity index is 753. The number of thioether (sulfide) groups is 1. The zero-order chi connectivity index (χ0) is 16.9. The molecule has 1 amide bonds. The summed E-state index contributed by atoms with van der Waals surface area (Å²) in [6, 6.07) is 13.0. The Morgan fingerprint density at radius 3 is 2.61 bits per heavy atom. The maximum atomic E-state index is 12.7. The summed E-state index contributed by atoms with van der Waals surface area (Å²) in [5, 5.41) is 11.1. The van der Waals surface area contributed by atoms with Gasteiger partial charge in [-0.05, 0) is 30.3 Å². The predicted molar refractivity (Wildman–Crippen MR) is 82.2 cm³/mol. The molecule has 0 radical (unpaired) electrons. The predicted octanol–water partition coefficient (Wildman–Crippen LogP) is 4.57. The molecule has 2 rings (SSSR count). The van der Waals surface area contributed by atoms with E-state index in [1.807, 2.05) is 6.07 Å². The van der Waals surface area contributed by atoms with Gasteiger partial charge in [-0.15, -0.1) is 11.8 Å². The minimum Gasteiger partial charge on any atom is -0.322 e. The second kappa shape index (κ2) is 7.20. The molecule has 0 aromatic heterocycles. The van der Waals surface area contributed by atoms with Crippen LogP contribution in [0.4, 0.5) is 18.9 Å². The van der Waals surface area contributed by atoms with Crippen LogP contribution in [0.1, 0.15) is 15.9 Å². The van der Waals surface area contributed by atoms with Crippen LogP contribution in [0.25, 0.3) is 0 Å². The lowest BCUT2D eigenvalue weighted by Gasteiger charge is -2.11. The van der Waals surface area contributed by atoms with Gasteiger partial charge in [0.25, 0.3) is 5.91 Å². The molecule has 7 heteroatoms. The molecule has 1 N–H and O–H groups in total. The molecule has 0 aliphatic rings. The van der Waals surface area contributed by atoms with Crippen molar-refractivity contribution in [2.75, 3.05) is 11.1 Å². The Morgan fingerprint density at radius 2 is 1.91 bits per heavy atom. The topological polar surface area (TPSA) is 52.9 Å². The lowest BCUT2D eigenvalue weighted by molar-refractivity contribution is -0.137. The van der Waals surface area contributed by atoms with E-state index in [4.69, 9.17) is 5.26 Å². The van der Waals surface area contributed by atoms with Crippen LogP contribution in [0.2, 0.25) is 0 Å². The van der Waals surface area contributed by atoms with E-state index < -0.39 is 17.6 Å². The number of benzene rings is 2. The van der Waals surface area contributed by atoms with Gasteiger partial charge in [-0.2, -0.15) is 18.4 Å². The van der Waals surface area contributed by atoms with Crippen molar-refractivity contribution in [1.82, 2.24) is 0 Å². The van der Waals surface area contributed by atoms with Crippen molar-refractivity contribution in [2.24, 2.45) is 0 Å². The molecule has 0 fully saturated rings. The quantitative estimate of drug-likeness (QED) is 0.832. The monoisotopic (exact) mass is 336 g/mol. The first kappa shape index (κ1) is 16.9. The maximum absolute atomic E-state index is 12.7. The molecule has 0 unspecified atom stereocenters. The molecule has 0 atom stereocenters. The van der Waals surface area contributed by atoms with Crippen LogP contribution in [0.3, 0.4) is 0 Å². The molecule has 0 spiro atoms. The van der Waals surface area contributed by atoms with E-state index in [1.165, 1.54) is 23.9 Å². The highest BCUT2D eigenvalue weighted by Crippen LogP contribution is 2.31. The second-order valence-corrected chi connectivity index (χ2v) is 5.49. The molecule has 23 heavy (non-hydrogen) atoms. The second-order valence-electron chi connectivity index (χ2n) is 4.48. The number of hydrogen-bond donors (Lipinski definition) is 1. The Hall–Kier alpha value is -2.46. The number of hydrogen-bond acceptors (Lipinski definition) is 3. The lowest BCUT2D eigenvalue weighted by atomic mass is 10.1. The lowest BCUT2D eigenvalue weighted by Crippen LogP contribution is -2.14. The first-order valence-corrected chi connectivity index (χ1v) is 7.48. The molecule has 0 heterocycles. The van der Waals surface area contributed by atoms with Crippen molar-refractivity contribution in [3.8, 4) is 6.07 Å². The van der Waals surface area contributed by atoms with Gasteiger partial charge in [0.2, 0.25) is 0 Å². The van der Waals surface area contributed by atoms with Crippen molar-refractivity contribution in [3.05, 3.63) is 59.7 Å². The van der Waals surface area contributed by atoms with Crippen LogP contribution >= 0.6 is 11.8 Å². The SMILES string of the molecule is N#CCSc1ccccc1C(=O)Nc1cccc(C(F)(F)F)c1. The van der Waals surface area contributed by atoms with Gasteiger partial charge in [0.1, 0.15) is 0 Å². The average Bonchev–Trinajstić information content (AvgIpc) is 2.52. The summed E-state index contributed by atoms with van der Waals surface area (Å²) in [7, 11) is 0. The minimum absolute atomic E-state index is 0.0601. The zero-order valence-corrected chi connectivity index (χ0v) is 12.5. The molecular weight excluding hydrogens is 325 g/mol. The van der Waals surface area contributed by atoms with Crippen LogP contribution in [0.5, 0.6) is 0 Å². The van der Waals surface area contributed by atoms with Gasteiger partial charge in [0.15, 0.2) is 0 Å². The smallest absolute Gasteiger partial charge is 0.322 e. The van der Waals surface area contributed by atoms with E-state index in [1.54, 1.807) is 24.3 Å². The van der Waals surface area contributed by atoms with E-state index >= 15 is 0 Å². The maximum Gasteiger partial charge on any atom is 0.416 e. The summed E-state index contributed by atoms with van der Waals surface area (Å²) in [5.41, 5.74) is -0.461. The van der Waals surface area contributed by atoms with Crippen LogP contribution < -0.4 is 5.32 Å². The van der Waals surface area contributed by atoms with E-state index in [2.05, 4.69) is 5.32 Å². The van der Waals surface area contributed by atoms with Gasteiger partial charge in [0.05, 0.1) is 22.9 Å². The van der Waals surface area contributed by atoms with Gasteiger partial charge in [0, 0.05) is 10.6 Å². The molecule has 118 valence electrons. The van der Waals surface area contributed by atoms with E-state index in [9.17, 15) is 18.0 Å². The summed E-state index contributed by atoms with van der Waals surface area (Å²) in [5.74, 6) is -0.348. The zero-order valence-electron chi connectivity index (χ0n) is 11.7. The van der Waals surface area contributed by atoms with E-state index in [-0.39, 0.29) is 11.4 Å². The molecule has 0 aliphatic carbocycles. The largest absolute Gasteiger partial charge is 0.416 e. The molecular formula is C16H11F3N2OS. The van der Waals surface area contributed by atoms with Crippen molar-refractivity contribution in [1.29, 1.82) is 5.26 Å². The highest BCUT2D eigenvalue weighted by atomic mass is 32.2. The number of carbonyl (C=O) groups is 1. The Kier molecular flexibility index (Phi) is 5.29. The summed E-state index contributed by atoms with van der Waals surface area (Å²) in [6.07, 6.45) is -4.47. The highest BCUT2D eigenvalue weighted by Gasteiger charge is 2.30. The van der Waals surface area contributed by atoms with Crippen LogP contribution in [-0.4, -0.2) is 11.7 Å². The Morgan fingerprint density at radius 1 is 1.17 bits per heavy atom. The van der Waals surface area contributed by atoms with Gasteiger partial charge < -0.3 is 5.32 Å². The third-order valence-corrected chi connectivity index (χ3v) is 3.81. The molecule has 0 saturated carbocycles. The summed E-state index contributed by atoms with van der Waals surface area (Å²) in [6.45, 7) is 0.